The van der Waals surface area contributed by atoms with E-state index in [1.54, 1.807) is 0 Å². The standard InChI is InChI=1S/C14H16N2S/c1-9(2)10-3-4-11-8-13-14(15-5-6-17-13)16-12(11)7-10/h3-4,7-9H,5-6H2,1-2H3,(H,15,16). The van der Waals surface area contributed by atoms with Crippen LogP contribution in [0.1, 0.15) is 25.3 Å². The fourth-order valence-electron chi connectivity index (χ4n) is 2.09. The minimum absolute atomic E-state index is 0.555. The number of pyridine rings is 1. The van der Waals surface area contributed by atoms with Crippen molar-refractivity contribution in [3.8, 4) is 0 Å². The van der Waals surface area contributed by atoms with E-state index in [0.717, 1.165) is 23.6 Å². The molecule has 1 aromatic heterocycles. The Morgan fingerprint density at radius 1 is 1.29 bits per heavy atom. The van der Waals surface area contributed by atoms with E-state index in [-0.39, 0.29) is 0 Å². The molecule has 0 aliphatic carbocycles. The van der Waals surface area contributed by atoms with Crippen LogP contribution in [-0.2, 0) is 0 Å². The topological polar surface area (TPSA) is 24.9 Å². The van der Waals surface area contributed by atoms with Crippen LogP contribution >= 0.6 is 11.8 Å². The molecule has 2 nitrogen and oxygen atoms in total. The van der Waals surface area contributed by atoms with Gasteiger partial charge in [0, 0.05) is 17.7 Å². The predicted octanol–water partition coefficient (Wildman–Crippen LogP) is 3.88. The highest BCUT2D eigenvalue weighted by Gasteiger charge is 2.12. The number of rotatable bonds is 1. The molecule has 1 aromatic carbocycles. The summed E-state index contributed by atoms with van der Waals surface area (Å²) in [5.74, 6) is 2.73. The first kappa shape index (κ1) is 10.9. The predicted molar refractivity (Wildman–Crippen MR) is 75.0 cm³/mol. The second-order valence-corrected chi connectivity index (χ2v) is 5.85. The highest BCUT2D eigenvalue weighted by atomic mass is 32.2. The first-order chi connectivity index (χ1) is 8.24. The highest BCUT2D eigenvalue weighted by Crippen LogP contribution is 2.32. The van der Waals surface area contributed by atoms with E-state index in [2.05, 4.69) is 43.4 Å². The van der Waals surface area contributed by atoms with Crippen molar-refractivity contribution in [3.05, 3.63) is 29.8 Å². The molecule has 0 saturated carbocycles. The maximum atomic E-state index is 4.73. The molecule has 0 atom stereocenters. The Morgan fingerprint density at radius 3 is 3.00 bits per heavy atom. The normalized spacial score (nSPS) is 14.8. The minimum atomic E-state index is 0.555. The number of hydrogen-bond donors (Lipinski definition) is 1. The molecular formula is C14H16N2S. The largest absolute Gasteiger partial charge is 0.368 e. The Bertz CT molecular complexity index is 563. The summed E-state index contributed by atoms with van der Waals surface area (Å²) in [6.07, 6.45) is 0. The summed E-state index contributed by atoms with van der Waals surface area (Å²) in [7, 11) is 0. The van der Waals surface area contributed by atoms with Crippen LogP contribution in [0.3, 0.4) is 0 Å². The van der Waals surface area contributed by atoms with Crippen molar-refractivity contribution < 1.29 is 0 Å². The number of hydrogen-bond acceptors (Lipinski definition) is 3. The van der Waals surface area contributed by atoms with Crippen molar-refractivity contribution >= 4 is 28.5 Å². The average molecular weight is 244 g/mol. The molecule has 0 unspecified atom stereocenters. The van der Waals surface area contributed by atoms with E-state index in [9.17, 15) is 0 Å². The molecular weight excluding hydrogens is 228 g/mol. The lowest BCUT2D eigenvalue weighted by atomic mass is 10.0. The van der Waals surface area contributed by atoms with Gasteiger partial charge in [0.1, 0.15) is 5.82 Å². The van der Waals surface area contributed by atoms with Crippen LogP contribution in [0.15, 0.2) is 29.2 Å². The van der Waals surface area contributed by atoms with Gasteiger partial charge in [-0.1, -0.05) is 26.0 Å². The number of benzene rings is 1. The minimum Gasteiger partial charge on any atom is -0.368 e. The third-order valence-electron chi connectivity index (χ3n) is 3.13. The van der Waals surface area contributed by atoms with E-state index in [1.807, 2.05) is 11.8 Å². The van der Waals surface area contributed by atoms with Crippen LogP contribution < -0.4 is 5.32 Å². The van der Waals surface area contributed by atoms with Crippen molar-refractivity contribution in [2.24, 2.45) is 0 Å². The average Bonchev–Trinajstić information content (AvgIpc) is 2.35. The molecule has 17 heavy (non-hydrogen) atoms. The Morgan fingerprint density at radius 2 is 2.18 bits per heavy atom. The molecule has 0 spiro atoms. The van der Waals surface area contributed by atoms with Gasteiger partial charge in [-0.3, -0.25) is 0 Å². The summed E-state index contributed by atoms with van der Waals surface area (Å²) in [6, 6.07) is 8.86. The van der Waals surface area contributed by atoms with Crippen LogP contribution in [0.4, 0.5) is 5.82 Å². The molecule has 3 rings (SSSR count). The van der Waals surface area contributed by atoms with E-state index in [1.165, 1.54) is 15.8 Å². The molecule has 1 N–H and O–H groups in total. The lowest BCUT2D eigenvalue weighted by Gasteiger charge is -2.17. The molecule has 1 aliphatic heterocycles. The van der Waals surface area contributed by atoms with E-state index in [0.29, 0.717) is 5.92 Å². The molecule has 88 valence electrons. The van der Waals surface area contributed by atoms with Gasteiger partial charge in [0.2, 0.25) is 0 Å². The lowest BCUT2D eigenvalue weighted by Crippen LogP contribution is -2.11. The summed E-state index contributed by atoms with van der Waals surface area (Å²) in [6.45, 7) is 5.45. The van der Waals surface area contributed by atoms with Crippen molar-refractivity contribution in [2.45, 2.75) is 24.7 Å². The Balaban J connectivity index is 2.16. The zero-order valence-electron chi connectivity index (χ0n) is 10.2. The summed E-state index contributed by atoms with van der Waals surface area (Å²) in [5.41, 5.74) is 2.46. The van der Waals surface area contributed by atoms with Crippen molar-refractivity contribution in [2.75, 3.05) is 17.6 Å². The van der Waals surface area contributed by atoms with Gasteiger partial charge in [-0.15, -0.1) is 11.8 Å². The quantitative estimate of drug-likeness (QED) is 0.824. The molecule has 0 bridgehead atoms. The maximum absolute atomic E-state index is 4.73. The monoisotopic (exact) mass is 244 g/mol. The number of nitrogens with one attached hydrogen (secondary N) is 1. The van der Waals surface area contributed by atoms with Crippen LogP contribution in [0.2, 0.25) is 0 Å². The Hall–Kier alpha value is -1.22. The molecule has 2 aromatic rings. The fourth-order valence-corrected chi connectivity index (χ4v) is 2.98. The van der Waals surface area contributed by atoms with E-state index in [4.69, 9.17) is 4.98 Å². The lowest BCUT2D eigenvalue weighted by molar-refractivity contribution is 0.868. The van der Waals surface area contributed by atoms with Gasteiger partial charge in [0.15, 0.2) is 0 Å². The first-order valence-electron chi connectivity index (χ1n) is 6.05. The Labute approximate surface area is 106 Å². The maximum Gasteiger partial charge on any atom is 0.140 e. The van der Waals surface area contributed by atoms with Crippen LogP contribution in [0, 0.1) is 0 Å². The van der Waals surface area contributed by atoms with Gasteiger partial charge in [-0.25, -0.2) is 4.98 Å². The van der Waals surface area contributed by atoms with Crippen LogP contribution in [0.5, 0.6) is 0 Å². The van der Waals surface area contributed by atoms with Crippen molar-refractivity contribution in [1.82, 2.24) is 4.98 Å². The zero-order chi connectivity index (χ0) is 11.8. The second-order valence-electron chi connectivity index (χ2n) is 4.72. The fraction of sp³-hybridized carbons (Fsp3) is 0.357. The van der Waals surface area contributed by atoms with Crippen LogP contribution in [-0.4, -0.2) is 17.3 Å². The first-order valence-corrected chi connectivity index (χ1v) is 7.04. The summed E-state index contributed by atoms with van der Waals surface area (Å²) < 4.78 is 0. The molecule has 2 heterocycles. The summed E-state index contributed by atoms with van der Waals surface area (Å²) >= 11 is 1.89. The SMILES string of the molecule is CC(C)c1ccc2cc3c(nc2c1)NCCS3. The molecule has 1 aliphatic rings. The number of anilines is 1. The molecule has 0 saturated heterocycles. The molecule has 0 fully saturated rings. The third-order valence-corrected chi connectivity index (χ3v) is 4.16. The summed E-state index contributed by atoms with van der Waals surface area (Å²) in [4.78, 5) is 6.01. The highest BCUT2D eigenvalue weighted by molar-refractivity contribution is 7.99. The van der Waals surface area contributed by atoms with Crippen molar-refractivity contribution in [3.63, 3.8) is 0 Å². The number of thioether (sulfide) groups is 1. The Kier molecular flexibility index (Phi) is 2.71. The summed E-state index contributed by atoms with van der Waals surface area (Å²) in [5, 5.41) is 4.61. The van der Waals surface area contributed by atoms with Crippen molar-refractivity contribution in [1.29, 1.82) is 0 Å². The molecule has 3 heteroatoms. The zero-order valence-corrected chi connectivity index (χ0v) is 11.0. The van der Waals surface area contributed by atoms with Gasteiger partial charge >= 0.3 is 0 Å². The van der Waals surface area contributed by atoms with Gasteiger partial charge < -0.3 is 5.32 Å². The van der Waals surface area contributed by atoms with Gasteiger partial charge in [0.25, 0.3) is 0 Å². The third kappa shape index (κ3) is 2.00. The number of fused-ring (bicyclic) bond motifs is 2. The van der Waals surface area contributed by atoms with Crippen LogP contribution in [0.25, 0.3) is 10.9 Å². The smallest absolute Gasteiger partial charge is 0.140 e. The number of aromatic nitrogens is 1. The van der Waals surface area contributed by atoms with E-state index < -0.39 is 0 Å². The van der Waals surface area contributed by atoms with Gasteiger partial charge in [0.05, 0.1) is 10.4 Å². The molecule has 0 radical (unpaired) electrons. The van der Waals surface area contributed by atoms with Gasteiger partial charge in [-0.05, 0) is 23.6 Å². The van der Waals surface area contributed by atoms with E-state index >= 15 is 0 Å². The number of nitrogens with zero attached hydrogens (tertiary/aromatic N) is 1. The van der Waals surface area contributed by atoms with Gasteiger partial charge in [-0.2, -0.15) is 0 Å². The second kappa shape index (κ2) is 4.22. The molecule has 0 amide bonds.